The van der Waals surface area contributed by atoms with Crippen LogP contribution < -0.4 is 5.73 Å². The number of esters is 1. The lowest BCUT2D eigenvalue weighted by Crippen LogP contribution is -2.08. The van der Waals surface area contributed by atoms with E-state index in [4.69, 9.17) is 10.5 Å². The Hall–Kier alpha value is -1.58. The van der Waals surface area contributed by atoms with Crippen LogP contribution in [0, 0.1) is 11.7 Å². The summed E-state index contributed by atoms with van der Waals surface area (Å²) >= 11 is 0. The third-order valence-electron chi connectivity index (χ3n) is 2.30. The van der Waals surface area contributed by atoms with Crippen LogP contribution in [0.25, 0.3) is 0 Å². The fourth-order valence-corrected chi connectivity index (χ4v) is 1.29. The van der Waals surface area contributed by atoms with Crippen LogP contribution >= 0.6 is 0 Å². The van der Waals surface area contributed by atoms with Gasteiger partial charge in [-0.3, -0.25) is 0 Å². The van der Waals surface area contributed by atoms with E-state index in [2.05, 4.69) is 0 Å². The number of ether oxygens (including phenoxy) is 1. The molecule has 0 heterocycles. The standard InChI is InChI=1S/C11H12FNO2/c12-9-3-8(4-10(13)5-9)11(14)15-6-7-1-2-7/h3-5,7H,1-2,6,13H2. The van der Waals surface area contributed by atoms with E-state index in [9.17, 15) is 9.18 Å². The van der Waals surface area contributed by atoms with E-state index < -0.39 is 11.8 Å². The zero-order chi connectivity index (χ0) is 10.8. The van der Waals surface area contributed by atoms with E-state index in [0.29, 0.717) is 12.5 Å². The average molecular weight is 209 g/mol. The third-order valence-corrected chi connectivity index (χ3v) is 2.30. The molecule has 0 spiro atoms. The number of halogens is 1. The Morgan fingerprint density at radius 2 is 2.20 bits per heavy atom. The molecular weight excluding hydrogens is 197 g/mol. The highest BCUT2D eigenvalue weighted by Gasteiger charge is 2.23. The Bertz CT molecular complexity index is 368. The number of hydrogen-bond donors (Lipinski definition) is 1. The Labute approximate surface area is 87.0 Å². The minimum atomic E-state index is -0.520. The van der Waals surface area contributed by atoms with Gasteiger partial charge in [-0.25, -0.2) is 9.18 Å². The molecule has 1 aromatic carbocycles. The van der Waals surface area contributed by atoms with Crippen molar-refractivity contribution in [1.82, 2.24) is 0 Å². The van der Waals surface area contributed by atoms with Gasteiger partial charge in [-0.15, -0.1) is 0 Å². The third kappa shape index (κ3) is 2.68. The molecule has 0 unspecified atom stereocenters. The molecule has 0 saturated heterocycles. The molecule has 4 heteroatoms. The van der Waals surface area contributed by atoms with Gasteiger partial charge in [0.15, 0.2) is 0 Å². The number of carbonyl (C=O) groups is 1. The van der Waals surface area contributed by atoms with E-state index in [-0.39, 0.29) is 11.3 Å². The maximum atomic E-state index is 12.9. The summed E-state index contributed by atoms with van der Waals surface area (Å²) in [5.74, 6) is -0.527. The first-order valence-corrected chi connectivity index (χ1v) is 4.88. The first-order chi connectivity index (χ1) is 7.15. The van der Waals surface area contributed by atoms with Crippen LogP contribution in [0.3, 0.4) is 0 Å². The van der Waals surface area contributed by atoms with Crippen molar-refractivity contribution in [2.45, 2.75) is 12.8 Å². The number of benzene rings is 1. The van der Waals surface area contributed by atoms with Gasteiger partial charge in [-0.1, -0.05) is 0 Å². The highest BCUT2D eigenvalue weighted by atomic mass is 19.1. The largest absolute Gasteiger partial charge is 0.462 e. The van der Waals surface area contributed by atoms with Gasteiger partial charge in [0.2, 0.25) is 0 Å². The smallest absolute Gasteiger partial charge is 0.338 e. The normalized spacial score (nSPS) is 15.0. The maximum absolute atomic E-state index is 12.9. The number of nitrogens with two attached hydrogens (primary N) is 1. The quantitative estimate of drug-likeness (QED) is 0.611. The second-order valence-electron chi connectivity index (χ2n) is 3.82. The minimum Gasteiger partial charge on any atom is -0.462 e. The highest BCUT2D eigenvalue weighted by molar-refractivity contribution is 5.90. The lowest BCUT2D eigenvalue weighted by Gasteiger charge is -2.04. The fourth-order valence-electron chi connectivity index (χ4n) is 1.29. The van der Waals surface area contributed by atoms with E-state index in [1.54, 1.807) is 0 Å². The van der Waals surface area contributed by atoms with Gasteiger partial charge in [0.25, 0.3) is 0 Å². The second kappa shape index (κ2) is 3.88. The van der Waals surface area contributed by atoms with Crippen LogP contribution in [0.5, 0.6) is 0 Å². The van der Waals surface area contributed by atoms with E-state index in [1.807, 2.05) is 0 Å². The summed E-state index contributed by atoms with van der Waals surface area (Å²) in [4.78, 5) is 11.4. The molecule has 2 rings (SSSR count). The summed E-state index contributed by atoms with van der Waals surface area (Å²) in [5, 5.41) is 0. The van der Waals surface area contributed by atoms with Gasteiger partial charge < -0.3 is 10.5 Å². The molecule has 1 saturated carbocycles. The van der Waals surface area contributed by atoms with Crippen molar-refractivity contribution in [2.75, 3.05) is 12.3 Å². The number of carbonyl (C=O) groups excluding carboxylic acids is 1. The first kappa shape index (κ1) is 9.96. The molecule has 1 aromatic rings. The predicted octanol–water partition coefficient (Wildman–Crippen LogP) is 1.97. The van der Waals surface area contributed by atoms with Gasteiger partial charge in [0.05, 0.1) is 12.2 Å². The molecule has 3 nitrogen and oxygen atoms in total. The van der Waals surface area contributed by atoms with E-state index in [1.165, 1.54) is 6.07 Å². The van der Waals surface area contributed by atoms with Crippen molar-refractivity contribution >= 4 is 11.7 Å². The lowest BCUT2D eigenvalue weighted by atomic mass is 10.2. The lowest BCUT2D eigenvalue weighted by molar-refractivity contribution is 0.0485. The Morgan fingerprint density at radius 1 is 1.47 bits per heavy atom. The number of rotatable bonds is 3. The zero-order valence-corrected chi connectivity index (χ0v) is 8.20. The Balaban J connectivity index is 2.02. The summed E-state index contributed by atoms with van der Waals surface area (Å²) in [6.07, 6.45) is 2.22. The van der Waals surface area contributed by atoms with Gasteiger partial charge >= 0.3 is 5.97 Å². The van der Waals surface area contributed by atoms with Crippen molar-refractivity contribution < 1.29 is 13.9 Å². The SMILES string of the molecule is Nc1cc(F)cc(C(=O)OCC2CC2)c1. The minimum absolute atomic E-state index is 0.174. The number of nitrogen functional groups attached to an aromatic ring is 1. The van der Waals surface area contributed by atoms with Gasteiger partial charge in [0.1, 0.15) is 5.82 Å². The summed E-state index contributed by atoms with van der Waals surface area (Å²) < 4.78 is 17.9. The number of hydrogen-bond acceptors (Lipinski definition) is 3. The molecule has 80 valence electrons. The molecule has 2 N–H and O–H groups in total. The van der Waals surface area contributed by atoms with Crippen LogP contribution in [0.15, 0.2) is 18.2 Å². The second-order valence-corrected chi connectivity index (χ2v) is 3.82. The summed E-state index contributed by atoms with van der Waals surface area (Å²) in [5.41, 5.74) is 5.82. The molecule has 0 aliphatic heterocycles. The molecule has 0 bridgehead atoms. The van der Waals surface area contributed by atoms with Gasteiger partial charge in [-0.2, -0.15) is 0 Å². The molecular formula is C11H12FNO2. The van der Waals surface area contributed by atoms with Crippen LogP contribution in [-0.4, -0.2) is 12.6 Å². The van der Waals surface area contributed by atoms with E-state index >= 15 is 0 Å². The molecule has 0 amide bonds. The van der Waals surface area contributed by atoms with E-state index in [0.717, 1.165) is 25.0 Å². The molecule has 15 heavy (non-hydrogen) atoms. The van der Waals surface area contributed by atoms with Crippen LogP contribution in [0.4, 0.5) is 10.1 Å². The van der Waals surface area contributed by atoms with Crippen molar-refractivity contribution in [2.24, 2.45) is 5.92 Å². The summed E-state index contributed by atoms with van der Waals surface area (Å²) in [6.45, 7) is 0.426. The molecule has 1 aliphatic carbocycles. The van der Waals surface area contributed by atoms with Crippen molar-refractivity contribution in [1.29, 1.82) is 0 Å². The zero-order valence-electron chi connectivity index (χ0n) is 8.20. The van der Waals surface area contributed by atoms with Gasteiger partial charge in [-0.05, 0) is 37.0 Å². The summed E-state index contributed by atoms with van der Waals surface area (Å²) in [7, 11) is 0. The molecule has 0 aromatic heterocycles. The van der Waals surface area contributed by atoms with Crippen molar-refractivity contribution in [3.63, 3.8) is 0 Å². The Morgan fingerprint density at radius 3 is 2.80 bits per heavy atom. The summed E-state index contributed by atoms with van der Waals surface area (Å²) in [6, 6.07) is 3.71. The average Bonchev–Trinajstić information content (AvgIpc) is 2.96. The molecule has 0 radical (unpaired) electrons. The maximum Gasteiger partial charge on any atom is 0.338 e. The number of anilines is 1. The Kier molecular flexibility index (Phi) is 2.58. The van der Waals surface area contributed by atoms with Crippen LogP contribution in [-0.2, 0) is 4.74 Å². The molecule has 0 atom stereocenters. The highest BCUT2D eigenvalue weighted by Crippen LogP contribution is 2.29. The van der Waals surface area contributed by atoms with Gasteiger partial charge in [0, 0.05) is 5.69 Å². The van der Waals surface area contributed by atoms with Crippen LogP contribution in [0.1, 0.15) is 23.2 Å². The first-order valence-electron chi connectivity index (χ1n) is 4.88. The fraction of sp³-hybridized carbons (Fsp3) is 0.364. The topological polar surface area (TPSA) is 52.3 Å². The van der Waals surface area contributed by atoms with Crippen molar-refractivity contribution in [3.8, 4) is 0 Å². The monoisotopic (exact) mass is 209 g/mol. The van der Waals surface area contributed by atoms with Crippen molar-refractivity contribution in [3.05, 3.63) is 29.6 Å². The predicted molar refractivity (Wildman–Crippen MR) is 53.8 cm³/mol. The molecule has 1 aliphatic rings. The molecule has 1 fully saturated rings. The van der Waals surface area contributed by atoms with Crippen LogP contribution in [0.2, 0.25) is 0 Å².